The fourth-order valence-corrected chi connectivity index (χ4v) is 6.46. The molecule has 4 rings (SSSR count). The predicted octanol–water partition coefficient (Wildman–Crippen LogP) is 1.32. The van der Waals surface area contributed by atoms with Gasteiger partial charge in [0.2, 0.25) is 15.9 Å². The first-order chi connectivity index (χ1) is 13.8. The van der Waals surface area contributed by atoms with Gasteiger partial charge in [-0.15, -0.1) is 0 Å². The molecule has 2 aliphatic rings. The summed E-state index contributed by atoms with van der Waals surface area (Å²) >= 11 is 0. The van der Waals surface area contributed by atoms with Crippen LogP contribution in [0.25, 0.3) is 0 Å². The van der Waals surface area contributed by atoms with Gasteiger partial charge in [-0.2, -0.15) is 4.31 Å². The monoisotopic (exact) mass is 414 g/mol. The fourth-order valence-electron chi connectivity index (χ4n) is 4.40. The summed E-state index contributed by atoms with van der Waals surface area (Å²) in [5, 5.41) is 0. The molecule has 1 atom stereocenters. The van der Waals surface area contributed by atoms with E-state index in [9.17, 15) is 13.2 Å². The van der Waals surface area contributed by atoms with Gasteiger partial charge in [-0.3, -0.25) is 9.78 Å². The van der Waals surface area contributed by atoms with Gasteiger partial charge in [0.1, 0.15) is 0 Å². The van der Waals surface area contributed by atoms with E-state index in [-0.39, 0.29) is 12.3 Å². The van der Waals surface area contributed by atoms with E-state index >= 15 is 0 Å². The van der Waals surface area contributed by atoms with Crippen LogP contribution in [0.4, 0.5) is 0 Å². The lowest BCUT2D eigenvalue weighted by Gasteiger charge is -2.34. The zero-order valence-corrected chi connectivity index (χ0v) is 17.6. The molecule has 1 aromatic carbocycles. The van der Waals surface area contributed by atoms with Crippen LogP contribution in [0.5, 0.6) is 0 Å². The molecule has 1 saturated heterocycles. The Morgan fingerprint density at radius 1 is 1.21 bits per heavy atom. The number of aromatic nitrogens is 1. The smallest absolute Gasteiger partial charge is 0.244 e. The van der Waals surface area contributed by atoms with E-state index in [1.807, 2.05) is 43.3 Å². The Bertz CT molecular complexity index is 1010. The average molecular weight is 415 g/mol. The van der Waals surface area contributed by atoms with Crippen molar-refractivity contribution in [2.24, 2.45) is 0 Å². The molecule has 0 aliphatic carbocycles. The molecule has 8 heteroatoms. The van der Waals surface area contributed by atoms with Gasteiger partial charge >= 0.3 is 0 Å². The summed E-state index contributed by atoms with van der Waals surface area (Å²) in [6.45, 7) is 1.95. The number of carbonyl (C=O) groups is 1. The Hall–Kier alpha value is -2.29. The summed E-state index contributed by atoms with van der Waals surface area (Å²) in [6.07, 6.45) is 4.26. The molecule has 7 nitrogen and oxygen atoms in total. The first kappa shape index (κ1) is 20.0. The average Bonchev–Trinajstić information content (AvgIpc) is 3.21. The summed E-state index contributed by atoms with van der Waals surface area (Å²) in [7, 11) is 0.280. The maximum absolute atomic E-state index is 13.3. The molecule has 1 amide bonds. The number of sulfonamides is 1. The van der Waals surface area contributed by atoms with Crippen LogP contribution in [0.15, 0.2) is 53.7 Å². The van der Waals surface area contributed by atoms with Crippen LogP contribution in [-0.4, -0.2) is 73.7 Å². The Kier molecular flexibility index (Phi) is 5.18. The number of amides is 1. The van der Waals surface area contributed by atoms with Gasteiger partial charge < -0.3 is 9.80 Å². The number of carbonyl (C=O) groups excluding carboxylic acids is 1. The second-order valence-electron chi connectivity index (χ2n) is 8.01. The van der Waals surface area contributed by atoms with E-state index < -0.39 is 15.6 Å². The minimum atomic E-state index is -3.58. The summed E-state index contributed by atoms with van der Waals surface area (Å²) in [6, 6.07) is 10.9. The third-order valence-electron chi connectivity index (χ3n) is 5.86. The molecule has 2 aliphatic heterocycles. The van der Waals surface area contributed by atoms with Gasteiger partial charge in [0, 0.05) is 38.6 Å². The lowest BCUT2D eigenvalue weighted by atomic mass is 9.89. The lowest BCUT2D eigenvalue weighted by Crippen LogP contribution is -2.48. The molecule has 1 fully saturated rings. The van der Waals surface area contributed by atoms with Crippen LogP contribution in [0, 0.1) is 0 Å². The highest BCUT2D eigenvalue weighted by molar-refractivity contribution is 7.89. The molecular weight excluding hydrogens is 388 g/mol. The molecular formula is C21H26N4O3S. The number of pyridine rings is 1. The van der Waals surface area contributed by atoms with Crippen molar-refractivity contribution >= 4 is 15.9 Å². The fraction of sp³-hybridized carbons (Fsp3) is 0.429. The Labute approximate surface area is 172 Å². The number of benzene rings is 1. The third-order valence-corrected chi connectivity index (χ3v) is 7.89. The maximum Gasteiger partial charge on any atom is 0.244 e. The quantitative estimate of drug-likeness (QED) is 0.738. The lowest BCUT2D eigenvalue weighted by molar-refractivity contribution is -0.129. The highest BCUT2D eigenvalue weighted by atomic mass is 32.2. The van der Waals surface area contributed by atoms with E-state index in [0.717, 1.165) is 11.1 Å². The molecule has 0 radical (unpaired) electrons. The van der Waals surface area contributed by atoms with Crippen molar-refractivity contribution in [3.05, 3.63) is 59.9 Å². The highest BCUT2D eigenvalue weighted by Crippen LogP contribution is 2.49. The van der Waals surface area contributed by atoms with Crippen LogP contribution in [0.2, 0.25) is 0 Å². The minimum absolute atomic E-state index is 0.00390. The molecule has 2 aromatic rings. The largest absolute Gasteiger partial charge is 0.340 e. The number of nitrogens with zero attached hydrogens (tertiary/aromatic N) is 4. The third kappa shape index (κ3) is 3.45. The molecule has 1 spiro atoms. The first-order valence-corrected chi connectivity index (χ1v) is 11.2. The normalized spacial score (nSPS) is 23.1. The molecule has 0 bridgehead atoms. The first-order valence-electron chi connectivity index (χ1n) is 9.78. The van der Waals surface area contributed by atoms with Gasteiger partial charge in [-0.25, -0.2) is 8.42 Å². The second-order valence-corrected chi connectivity index (χ2v) is 9.84. The number of rotatable bonds is 5. The van der Waals surface area contributed by atoms with Gasteiger partial charge in [0.05, 0.1) is 16.9 Å². The van der Waals surface area contributed by atoms with E-state index in [0.29, 0.717) is 37.5 Å². The Morgan fingerprint density at radius 3 is 2.72 bits per heavy atom. The predicted molar refractivity (Wildman–Crippen MR) is 110 cm³/mol. The molecule has 1 aromatic heterocycles. The number of likely N-dealkylation sites (tertiary alicyclic amines) is 1. The van der Waals surface area contributed by atoms with Crippen molar-refractivity contribution in [1.82, 2.24) is 19.1 Å². The van der Waals surface area contributed by atoms with E-state index in [4.69, 9.17) is 0 Å². The molecule has 0 saturated carbocycles. The second kappa shape index (κ2) is 7.51. The van der Waals surface area contributed by atoms with Crippen molar-refractivity contribution < 1.29 is 13.2 Å². The number of hydrogen-bond acceptors (Lipinski definition) is 5. The molecule has 0 N–H and O–H groups in total. The highest BCUT2D eigenvalue weighted by Gasteiger charge is 2.57. The zero-order valence-electron chi connectivity index (χ0n) is 16.8. The van der Waals surface area contributed by atoms with Crippen LogP contribution in [0.1, 0.15) is 17.5 Å². The summed E-state index contributed by atoms with van der Waals surface area (Å²) < 4.78 is 28.3. The van der Waals surface area contributed by atoms with E-state index in [1.165, 1.54) is 0 Å². The van der Waals surface area contributed by atoms with Gasteiger partial charge in [-0.1, -0.05) is 24.3 Å². The number of hydrogen-bond donors (Lipinski definition) is 0. The van der Waals surface area contributed by atoms with Crippen LogP contribution >= 0.6 is 0 Å². The van der Waals surface area contributed by atoms with Crippen molar-refractivity contribution in [3.63, 3.8) is 0 Å². The molecule has 1 unspecified atom stereocenters. The minimum Gasteiger partial charge on any atom is -0.340 e. The maximum atomic E-state index is 13.3. The van der Waals surface area contributed by atoms with Gasteiger partial charge in [-0.05, 0) is 43.8 Å². The summed E-state index contributed by atoms with van der Waals surface area (Å²) in [5.41, 5.74) is 0.994. The summed E-state index contributed by atoms with van der Waals surface area (Å²) in [4.78, 5) is 21.1. The molecule has 29 heavy (non-hydrogen) atoms. The van der Waals surface area contributed by atoms with Gasteiger partial charge in [0.25, 0.3) is 0 Å². The number of fused-ring (bicyclic) bond motifs is 2. The zero-order chi connectivity index (χ0) is 20.6. The molecule has 3 heterocycles. The Morgan fingerprint density at radius 2 is 2.00 bits per heavy atom. The van der Waals surface area contributed by atoms with E-state index in [1.54, 1.807) is 33.7 Å². The van der Waals surface area contributed by atoms with E-state index in [2.05, 4.69) is 4.98 Å². The molecule has 154 valence electrons. The van der Waals surface area contributed by atoms with Crippen LogP contribution in [0.3, 0.4) is 0 Å². The van der Waals surface area contributed by atoms with Crippen molar-refractivity contribution in [2.45, 2.75) is 23.3 Å². The van der Waals surface area contributed by atoms with Gasteiger partial charge in [0.15, 0.2) is 0 Å². The van der Waals surface area contributed by atoms with Crippen molar-refractivity contribution in [2.75, 3.05) is 40.3 Å². The number of likely N-dealkylation sites (N-methyl/N-ethyl adjacent to an activating group) is 1. The van der Waals surface area contributed by atoms with Crippen LogP contribution < -0.4 is 0 Å². The standard InChI is InChI=1S/C21H26N4O3S/c1-23(2)12-13-25-21(18-7-3-4-8-19(18)29(25,27)28)9-11-24(16-21)20(26)14-17-6-5-10-22-15-17/h3-8,10,15H,9,11-14,16H2,1-2H3. The SMILES string of the molecule is CN(C)CCN1C2(CCN(C(=O)Cc3cccnc3)C2)c2ccccc2S1(=O)=O. The topological polar surface area (TPSA) is 73.8 Å². The van der Waals surface area contributed by atoms with Crippen molar-refractivity contribution in [1.29, 1.82) is 0 Å². The van der Waals surface area contributed by atoms with Crippen LogP contribution in [-0.2, 0) is 26.8 Å². The summed E-state index contributed by atoms with van der Waals surface area (Å²) in [5.74, 6) is 0.00390. The van der Waals surface area contributed by atoms with Crippen molar-refractivity contribution in [3.8, 4) is 0 Å². The Balaban J connectivity index is 1.64.